The van der Waals surface area contributed by atoms with Crippen LogP contribution in [0.4, 0.5) is 5.69 Å². The molecule has 0 spiro atoms. The first-order valence-electron chi connectivity index (χ1n) is 6.58. The number of ether oxygens (including phenoxy) is 1. The van der Waals surface area contributed by atoms with Gasteiger partial charge in [0.2, 0.25) is 0 Å². The van der Waals surface area contributed by atoms with Gasteiger partial charge in [0, 0.05) is 23.3 Å². The molecule has 0 heterocycles. The average molecular weight is 310 g/mol. The Morgan fingerprint density at radius 3 is 2.50 bits per heavy atom. The van der Waals surface area contributed by atoms with E-state index in [1.165, 1.54) is 5.69 Å². The van der Waals surface area contributed by atoms with Crippen LogP contribution in [0.3, 0.4) is 0 Å². The highest BCUT2D eigenvalue weighted by atomic mass is 35.5. The molecule has 20 heavy (non-hydrogen) atoms. The van der Waals surface area contributed by atoms with E-state index in [-0.39, 0.29) is 0 Å². The van der Waals surface area contributed by atoms with Crippen molar-refractivity contribution in [1.29, 1.82) is 0 Å². The van der Waals surface area contributed by atoms with E-state index in [1.54, 1.807) is 18.2 Å². The maximum Gasteiger partial charge on any atom is 0.139 e. The molecular weight excluding hydrogens is 293 g/mol. The Morgan fingerprint density at radius 1 is 1.05 bits per heavy atom. The summed E-state index contributed by atoms with van der Waals surface area (Å²) in [5.74, 6) is 0.628. The molecule has 2 aromatic carbocycles. The molecular formula is C16H17Cl2NO. The highest BCUT2D eigenvalue weighted by molar-refractivity contribution is 6.34. The topological polar surface area (TPSA) is 12.5 Å². The second kappa shape index (κ2) is 7.41. The van der Waals surface area contributed by atoms with Crippen molar-refractivity contribution in [3.05, 3.63) is 58.6 Å². The minimum absolute atomic E-state index is 0.558. The molecule has 0 aliphatic heterocycles. The summed E-state index contributed by atoms with van der Waals surface area (Å²) in [6.45, 7) is 4.40. The monoisotopic (exact) mass is 309 g/mol. The van der Waals surface area contributed by atoms with Crippen molar-refractivity contribution in [3.8, 4) is 5.75 Å². The molecule has 4 heteroatoms. The Kier molecular flexibility index (Phi) is 5.57. The van der Waals surface area contributed by atoms with E-state index in [0.29, 0.717) is 22.4 Å². The third-order valence-corrected chi connectivity index (χ3v) is 3.56. The number of halogens is 2. The molecule has 0 bridgehead atoms. The molecule has 0 saturated carbocycles. The van der Waals surface area contributed by atoms with Gasteiger partial charge >= 0.3 is 0 Å². The lowest BCUT2D eigenvalue weighted by molar-refractivity contribution is 0.324. The highest BCUT2D eigenvalue weighted by Crippen LogP contribution is 2.27. The van der Waals surface area contributed by atoms with Gasteiger partial charge in [-0.15, -0.1) is 0 Å². The number of likely N-dealkylation sites (N-methyl/N-ethyl adjacent to an activating group) is 1. The van der Waals surface area contributed by atoms with Crippen LogP contribution in [0.5, 0.6) is 5.75 Å². The molecule has 2 rings (SSSR count). The number of hydrogen-bond acceptors (Lipinski definition) is 2. The third kappa shape index (κ3) is 4.06. The lowest BCUT2D eigenvalue weighted by Crippen LogP contribution is -2.27. The van der Waals surface area contributed by atoms with Crippen molar-refractivity contribution in [2.75, 3.05) is 24.6 Å². The zero-order chi connectivity index (χ0) is 14.4. The summed E-state index contributed by atoms with van der Waals surface area (Å²) in [6.07, 6.45) is 0. The number of nitrogens with zero attached hydrogens (tertiary/aromatic N) is 1. The van der Waals surface area contributed by atoms with Crippen LogP contribution in [-0.2, 0) is 0 Å². The second-order valence-corrected chi connectivity index (χ2v) is 5.18. The fraction of sp³-hybridized carbons (Fsp3) is 0.250. The zero-order valence-electron chi connectivity index (χ0n) is 11.4. The standard InChI is InChI=1S/C16H17Cl2NO/c1-2-19(14-6-4-3-5-7-14)10-11-20-16-12-13(17)8-9-15(16)18/h3-9,12H,2,10-11H2,1H3. The Bertz CT molecular complexity index is 545. The van der Waals surface area contributed by atoms with Crippen molar-refractivity contribution in [2.45, 2.75) is 6.92 Å². The van der Waals surface area contributed by atoms with Gasteiger partial charge in [-0.3, -0.25) is 0 Å². The lowest BCUT2D eigenvalue weighted by atomic mass is 10.3. The van der Waals surface area contributed by atoms with Crippen LogP contribution < -0.4 is 9.64 Å². The quantitative estimate of drug-likeness (QED) is 0.752. The molecule has 0 aliphatic rings. The van der Waals surface area contributed by atoms with E-state index in [9.17, 15) is 0 Å². The summed E-state index contributed by atoms with van der Waals surface area (Å²) in [5, 5.41) is 1.21. The summed E-state index contributed by atoms with van der Waals surface area (Å²) in [4.78, 5) is 2.25. The van der Waals surface area contributed by atoms with Gasteiger partial charge in [-0.2, -0.15) is 0 Å². The van der Waals surface area contributed by atoms with Gasteiger partial charge in [0.05, 0.1) is 11.6 Å². The molecule has 106 valence electrons. The van der Waals surface area contributed by atoms with E-state index < -0.39 is 0 Å². The molecule has 0 N–H and O–H groups in total. The minimum Gasteiger partial charge on any atom is -0.490 e. The van der Waals surface area contributed by atoms with Gasteiger partial charge in [0.15, 0.2) is 0 Å². The zero-order valence-corrected chi connectivity index (χ0v) is 12.9. The first-order valence-corrected chi connectivity index (χ1v) is 7.34. The normalized spacial score (nSPS) is 10.3. The van der Waals surface area contributed by atoms with E-state index in [2.05, 4.69) is 24.0 Å². The van der Waals surface area contributed by atoms with Gasteiger partial charge < -0.3 is 9.64 Å². The molecule has 2 aromatic rings. The van der Waals surface area contributed by atoms with Gasteiger partial charge in [0.25, 0.3) is 0 Å². The van der Waals surface area contributed by atoms with Crippen molar-refractivity contribution in [3.63, 3.8) is 0 Å². The predicted octanol–water partition coefficient (Wildman–Crippen LogP) is 4.90. The van der Waals surface area contributed by atoms with E-state index in [4.69, 9.17) is 27.9 Å². The fourth-order valence-corrected chi connectivity index (χ4v) is 2.30. The number of benzene rings is 2. The number of hydrogen-bond donors (Lipinski definition) is 0. The first kappa shape index (κ1) is 15.0. The molecule has 0 radical (unpaired) electrons. The number of para-hydroxylation sites is 1. The molecule has 0 amide bonds. The third-order valence-electron chi connectivity index (χ3n) is 3.02. The van der Waals surface area contributed by atoms with Crippen molar-refractivity contribution >= 4 is 28.9 Å². The smallest absolute Gasteiger partial charge is 0.139 e. The summed E-state index contributed by atoms with van der Waals surface area (Å²) in [6, 6.07) is 15.5. The van der Waals surface area contributed by atoms with Crippen molar-refractivity contribution in [2.24, 2.45) is 0 Å². The molecule has 0 aliphatic carbocycles. The van der Waals surface area contributed by atoms with Crippen LogP contribution in [-0.4, -0.2) is 19.7 Å². The molecule has 0 fully saturated rings. The first-order chi connectivity index (χ1) is 9.70. The maximum atomic E-state index is 6.07. The van der Waals surface area contributed by atoms with E-state index >= 15 is 0 Å². The average Bonchev–Trinajstić information content (AvgIpc) is 2.48. The van der Waals surface area contributed by atoms with Crippen LogP contribution >= 0.6 is 23.2 Å². The van der Waals surface area contributed by atoms with Crippen LogP contribution in [0.25, 0.3) is 0 Å². The molecule has 0 unspecified atom stereocenters. The molecule has 2 nitrogen and oxygen atoms in total. The Labute approximate surface area is 129 Å². The van der Waals surface area contributed by atoms with Crippen molar-refractivity contribution < 1.29 is 4.74 Å². The lowest BCUT2D eigenvalue weighted by Gasteiger charge is -2.23. The van der Waals surface area contributed by atoms with E-state index in [0.717, 1.165) is 13.1 Å². The van der Waals surface area contributed by atoms with Gasteiger partial charge in [0.1, 0.15) is 12.4 Å². The second-order valence-electron chi connectivity index (χ2n) is 4.34. The minimum atomic E-state index is 0.558. The number of rotatable bonds is 6. The molecule has 0 aromatic heterocycles. The highest BCUT2D eigenvalue weighted by Gasteiger charge is 2.06. The fourth-order valence-electron chi connectivity index (χ4n) is 1.96. The van der Waals surface area contributed by atoms with Crippen molar-refractivity contribution in [1.82, 2.24) is 0 Å². The van der Waals surface area contributed by atoms with Gasteiger partial charge in [-0.05, 0) is 31.2 Å². The van der Waals surface area contributed by atoms with Gasteiger partial charge in [-0.1, -0.05) is 41.4 Å². The van der Waals surface area contributed by atoms with Crippen LogP contribution in [0.2, 0.25) is 10.0 Å². The Hall–Kier alpha value is -1.38. The van der Waals surface area contributed by atoms with Crippen LogP contribution in [0.15, 0.2) is 48.5 Å². The SMILES string of the molecule is CCN(CCOc1cc(Cl)ccc1Cl)c1ccccc1. The molecule has 0 saturated heterocycles. The molecule has 0 atom stereocenters. The Morgan fingerprint density at radius 2 is 1.80 bits per heavy atom. The largest absolute Gasteiger partial charge is 0.490 e. The summed E-state index contributed by atoms with van der Waals surface area (Å²) < 4.78 is 5.71. The summed E-state index contributed by atoms with van der Waals surface area (Å²) >= 11 is 12.0. The van der Waals surface area contributed by atoms with E-state index in [1.807, 2.05) is 18.2 Å². The number of anilines is 1. The van der Waals surface area contributed by atoms with Crippen LogP contribution in [0, 0.1) is 0 Å². The summed E-state index contributed by atoms with van der Waals surface area (Å²) in [7, 11) is 0. The Balaban J connectivity index is 1.93. The predicted molar refractivity (Wildman–Crippen MR) is 86.3 cm³/mol. The maximum absolute atomic E-state index is 6.07. The summed E-state index contributed by atoms with van der Waals surface area (Å²) in [5.41, 5.74) is 1.19. The van der Waals surface area contributed by atoms with Crippen LogP contribution in [0.1, 0.15) is 6.92 Å². The van der Waals surface area contributed by atoms with Gasteiger partial charge in [-0.25, -0.2) is 0 Å².